The van der Waals surface area contributed by atoms with Gasteiger partial charge in [-0.25, -0.2) is 8.78 Å². The van der Waals surface area contributed by atoms with Crippen LogP contribution in [0, 0.1) is 18.6 Å². The Morgan fingerprint density at radius 1 is 1.11 bits per heavy atom. The Labute approximate surface area is 107 Å². The van der Waals surface area contributed by atoms with Crippen LogP contribution in [0.4, 0.5) is 14.8 Å². The number of fused-ring (bicyclic) bond motifs is 1. The number of oxazole rings is 1. The molecule has 0 fully saturated rings. The van der Waals surface area contributed by atoms with Gasteiger partial charge in [-0.1, -0.05) is 12.1 Å². The van der Waals surface area contributed by atoms with Gasteiger partial charge in [0.25, 0.3) is 6.01 Å². The largest absolute Gasteiger partial charge is 0.424 e. The molecule has 0 aliphatic rings. The fourth-order valence-corrected chi connectivity index (χ4v) is 2.13. The summed E-state index contributed by atoms with van der Waals surface area (Å²) in [6.07, 6.45) is 0. The summed E-state index contributed by atoms with van der Waals surface area (Å²) in [5, 5.41) is 0. The maximum atomic E-state index is 13.4. The normalized spacial score (nSPS) is 11.1. The number of aromatic nitrogens is 1. The highest BCUT2D eigenvalue weighted by molar-refractivity contribution is 5.93. The van der Waals surface area contributed by atoms with Gasteiger partial charge in [-0.15, -0.1) is 0 Å². The van der Waals surface area contributed by atoms with Crippen LogP contribution >= 0.6 is 0 Å². The number of nitrogens with two attached hydrogens (primary N) is 1. The fourth-order valence-electron chi connectivity index (χ4n) is 2.13. The van der Waals surface area contributed by atoms with Gasteiger partial charge in [0.05, 0.1) is 0 Å². The molecule has 2 aromatic carbocycles. The van der Waals surface area contributed by atoms with Gasteiger partial charge in [0.15, 0.2) is 17.2 Å². The van der Waals surface area contributed by atoms with Crippen molar-refractivity contribution in [1.29, 1.82) is 0 Å². The first-order valence-corrected chi connectivity index (χ1v) is 5.67. The molecule has 0 bridgehead atoms. The van der Waals surface area contributed by atoms with Crippen molar-refractivity contribution in [3.63, 3.8) is 0 Å². The summed E-state index contributed by atoms with van der Waals surface area (Å²) in [5.41, 5.74) is 8.70. The molecule has 96 valence electrons. The summed E-state index contributed by atoms with van der Waals surface area (Å²) < 4.78 is 31.6. The Hall–Kier alpha value is -2.43. The molecular weight excluding hydrogens is 250 g/mol. The van der Waals surface area contributed by atoms with Crippen LogP contribution in [0.5, 0.6) is 0 Å². The number of nitrogens with zero attached hydrogens (tertiary/aromatic N) is 1. The van der Waals surface area contributed by atoms with Gasteiger partial charge in [-0.3, -0.25) is 0 Å². The summed E-state index contributed by atoms with van der Waals surface area (Å²) in [6.45, 7) is 1.86. The van der Waals surface area contributed by atoms with Crippen molar-refractivity contribution in [1.82, 2.24) is 4.98 Å². The first kappa shape index (κ1) is 11.6. The van der Waals surface area contributed by atoms with Crippen molar-refractivity contribution in [3.05, 3.63) is 47.5 Å². The molecule has 0 saturated carbocycles. The number of rotatable bonds is 1. The lowest BCUT2D eigenvalue weighted by Gasteiger charge is -2.06. The Morgan fingerprint density at radius 2 is 1.89 bits per heavy atom. The van der Waals surface area contributed by atoms with E-state index in [0.29, 0.717) is 22.2 Å². The molecule has 3 rings (SSSR count). The van der Waals surface area contributed by atoms with Crippen LogP contribution in [0.15, 0.2) is 34.7 Å². The van der Waals surface area contributed by atoms with E-state index in [0.717, 1.165) is 17.7 Å². The van der Waals surface area contributed by atoms with E-state index in [9.17, 15) is 8.78 Å². The van der Waals surface area contributed by atoms with Gasteiger partial charge >= 0.3 is 0 Å². The van der Waals surface area contributed by atoms with E-state index in [-0.39, 0.29) is 6.01 Å². The summed E-state index contributed by atoms with van der Waals surface area (Å²) in [5.74, 6) is -1.78. The third-order valence-electron chi connectivity index (χ3n) is 2.99. The molecule has 0 saturated heterocycles. The molecule has 0 aliphatic heterocycles. The molecule has 0 spiro atoms. The third-order valence-corrected chi connectivity index (χ3v) is 2.99. The highest BCUT2D eigenvalue weighted by Gasteiger charge is 2.14. The zero-order valence-corrected chi connectivity index (χ0v) is 10.1. The SMILES string of the molecule is Cc1ccc2oc(N)nc2c1-c1ccc(F)c(F)c1. The number of halogens is 2. The Bertz CT molecular complexity index is 780. The molecule has 1 aromatic heterocycles. The molecule has 0 amide bonds. The van der Waals surface area contributed by atoms with Crippen LogP contribution in [0.25, 0.3) is 22.2 Å². The van der Waals surface area contributed by atoms with Crippen molar-refractivity contribution in [2.75, 3.05) is 5.73 Å². The summed E-state index contributed by atoms with van der Waals surface area (Å²) >= 11 is 0. The zero-order chi connectivity index (χ0) is 13.6. The van der Waals surface area contributed by atoms with Crippen LogP contribution in [0.3, 0.4) is 0 Å². The zero-order valence-electron chi connectivity index (χ0n) is 10.1. The third kappa shape index (κ3) is 1.83. The summed E-state index contributed by atoms with van der Waals surface area (Å²) in [7, 11) is 0. The lowest BCUT2D eigenvalue weighted by Crippen LogP contribution is -1.90. The van der Waals surface area contributed by atoms with E-state index in [2.05, 4.69) is 4.98 Å². The maximum absolute atomic E-state index is 13.4. The van der Waals surface area contributed by atoms with Crippen LogP contribution in [0.2, 0.25) is 0 Å². The molecule has 0 radical (unpaired) electrons. The highest BCUT2D eigenvalue weighted by Crippen LogP contribution is 2.33. The molecule has 19 heavy (non-hydrogen) atoms. The summed E-state index contributed by atoms with van der Waals surface area (Å²) in [6, 6.07) is 7.35. The van der Waals surface area contributed by atoms with Gasteiger partial charge in [-0.2, -0.15) is 4.98 Å². The molecule has 2 N–H and O–H groups in total. The topological polar surface area (TPSA) is 52.0 Å². The van der Waals surface area contributed by atoms with Crippen molar-refractivity contribution < 1.29 is 13.2 Å². The minimum absolute atomic E-state index is 0.0458. The van der Waals surface area contributed by atoms with Crippen LogP contribution in [0.1, 0.15) is 5.56 Å². The van der Waals surface area contributed by atoms with E-state index in [1.165, 1.54) is 6.07 Å². The monoisotopic (exact) mass is 260 g/mol. The van der Waals surface area contributed by atoms with Gasteiger partial charge in [0.2, 0.25) is 0 Å². The van der Waals surface area contributed by atoms with Gasteiger partial charge in [0, 0.05) is 5.56 Å². The van der Waals surface area contributed by atoms with Crippen molar-refractivity contribution in [3.8, 4) is 11.1 Å². The number of aryl methyl sites for hydroxylation is 1. The van der Waals surface area contributed by atoms with Crippen LogP contribution in [-0.4, -0.2) is 4.98 Å². The van der Waals surface area contributed by atoms with E-state index in [1.54, 1.807) is 6.07 Å². The molecule has 3 nitrogen and oxygen atoms in total. The average molecular weight is 260 g/mol. The molecule has 5 heteroatoms. The molecular formula is C14H10F2N2O. The molecule has 0 unspecified atom stereocenters. The first-order valence-electron chi connectivity index (χ1n) is 5.67. The lowest BCUT2D eigenvalue weighted by molar-refractivity contribution is 0.509. The van der Waals surface area contributed by atoms with Crippen LogP contribution < -0.4 is 5.73 Å². The quantitative estimate of drug-likeness (QED) is 0.726. The fraction of sp³-hybridized carbons (Fsp3) is 0.0714. The molecule has 1 heterocycles. The van der Waals surface area contributed by atoms with E-state index in [4.69, 9.17) is 10.2 Å². The molecule has 0 atom stereocenters. The number of hydrogen-bond donors (Lipinski definition) is 1. The van der Waals surface area contributed by atoms with Crippen molar-refractivity contribution in [2.24, 2.45) is 0 Å². The molecule has 3 aromatic rings. The number of anilines is 1. The maximum Gasteiger partial charge on any atom is 0.293 e. The number of benzene rings is 2. The second-order valence-electron chi connectivity index (χ2n) is 4.29. The summed E-state index contributed by atoms with van der Waals surface area (Å²) in [4.78, 5) is 4.10. The number of nitrogen functional groups attached to an aromatic ring is 1. The lowest BCUT2D eigenvalue weighted by atomic mass is 9.99. The highest BCUT2D eigenvalue weighted by atomic mass is 19.2. The van der Waals surface area contributed by atoms with Gasteiger partial charge < -0.3 is 10.2 Å². The average Bonchev–Trinajstić information content (AvgIpc) is 2.73. The minimum atomic E-state index is -0.898. The standard InChI is InChI=1S/C14H10F2N2O/c1-7-2-5-11-13(18-14(17)19-11)12(7)8-3-4-9(15)10(16)6-8/h2-6H,1H3,(H2,17,18). The molecule has 0 aliphatic carbocycles. The Morgan fingerprint density at radius 3 is 2.63 bits per heavy atom. The minimum Gasteiger partial charge on any atom is -0.424 e. The van der Waals surface area contributed by atoms with Crippen molar-refractivity contribution in [2.45, 2.75) is 6.92 Å². The van der Waals surface area contributed by atoms with E-state index >= 15 is 0 Å². The van der Waals surface area contributed by atoms with Gasteiger partial charge in [-0.05, 0) is 36.2 Å². The Kier molecular flexibility index (Phi) is 2.48. The second-order valence-corrected chi connectivity index (χ2v) is 4.29. The number of hydrogen-bond acceptors (Lipinski definition) is 3. The smallest absolute Gasteiger partial charge is 0.293 e. The predicted octanol–water partition coefficient (Wildman–Crippen LogP) is 3.66. The van der Waals surface area contributed by atoms with Gasteiger partial charge in [0.1, 0.15) is 5.52 Å². The second kappa shape index (κ2) is 4.05. The Balaban J connectivity index is 2.34. The van der Waals surface area contributed by atoms with E-state index in [1.807, 2.05) is 13.0 Å². The van der Waals surface area contributed by atoms with Crippen molar-refractivity contribution >= 4 is 17.1 Å². The van der Waals surface area contributed by atoms with Crippen LogP contribution in [-0.2, 0) is 0 Å². The van der Waals surface area contributed by atoms with E-state index < -0.39 is 11.6 Å². The predicted molar refractivity (Wildman–Crippen MR) is 68.5 cm³/mol. The first-order chi connectivity index (χ1) is 9.06.